The van der Waals surface area contributed by atoms with E-state index in [9.17, 15) is 8.78 Å². The van der Waals surface area contributed by atoms with Crippen LogP contribution in [0.1, 0.15) is 0 Å². The van der Waals surface area contributed by atoms with Crippen LogP contribution in [0.2, 0.25) is 0 Å². The molecule has 0 saturated heterocycles. The van der Waals surface area contributed by atoms with Crippen LogP contribution in [-0.4, -0.2) is 6.61 Å². The topological polar surface area (TPSA) is 9.23 Å². The van der Waals surface area contributed by atoms with Gasteiger partial charge in [0.2, 0.25) is 0 Å². The van der Waals surface area contributed by atoms with Gasteiger partial charge in [0.05, 0.1) is 0 Å². The molecular formula is C9H7ClF2O. The minimum absolute atomic E-state index is 0.115. The van der Waals surface area contributed by atoms with E-state index in [1.807, 2.05) is 0 Å². The molecule has 0 saturated carbocycles. The molecule has 0 bridgehead atoms. The van der Waals surface area contributed by atoms with Crippen molar-refractivity contribution < 1.29 is 13.5 Å². The van der Waals surface area contributed by atoms with Crippen molar-refractivity contribution in [2.45, 2.75) is 0 Å². The van der Waals surface area contributed by atoms with E-state index in [4.69, 9.17) is 16.3 Å². The molecule has 13 heavy (non-hydrogen) atoms. The standard InChI is InChI=1S/C9H7ClF2O/c10-4-1-5-13-9-6-7(11)2-3-8(9)12/h1-4,6H,5H2/b4-1+. The molecule has 0 aliphatic rings. The lowest BCUT2D eigenvalue weighted by atomic mass is 10.3. The fourth-order valence-corrected chi connectivity index (χ4v) is 0.835. The minimum atomic E-state index is -0.593. The van der Waals surface area contributed by atoms with Crippen molar-refractivity contribution in [3.8, 4) is 5.75 Å². The first-order chi connectivity index (χ1) is 6.24. The first kappa shape index (κ1) is 9.99. The third-order valence-electron chi connectivity index (χ3n) is 1.32. The second-order valence-electron chi connectivity index (χ2n) is 2.25. The summed E-state index contributed by atoms with van der Waals surface area (Å²) in [4.78, 5) is 0. The van der Waals surface area contributed by atoms with E-state index in [0.717, 1.165) is 18.2 Å². The maximum Gasteiger partial charge on any atom is 0.165 e. The van der Waals surface area contributed by atoms with Gasteiger partial charge in [-0.3, -0.25) is 0 Å². The Balaban J connectivity index is 2.69. The van der Waals surface area contributed by atoms with E-state index < -0.39 is 11.6 Å². The Morgan fingerprint density at radius 3 is 2.85 bits per heavy atom. The van der Waals surface area contributed by atoms with Crippen LogP contribution in [0.3, 0.4) is 0 Å². The van der Waals surface area contributed by atoms with Crippen molar-refractivity contribution in [1.29, 1.82) is 0 Å². The monoisotopic (exact) mass is 204 g/mol. The van der Waals surface area contributed by atoms with Crippen molar-refractivity contribution in [1.82, 2.24) is 0 Å². The average molecular weight is 205 g/mol. The summed E-state index contributed by atoms with van der Waals surface area (Å²) in [5.74, 6) is -1.25. The highest BCUT2D eigenvalue weighted by Gasteiger charge is 2.03. The zero-order valence-corrected chi connectivity index (χ0v) is 7.39. The highest BCUT2D eigenvalue weighted by Crippen LogP contribution is 2.17. The number of ether oxygens (including phenoxy) is 1. The molecule has 0 unspecified atom stereocenters. The van der Waals surface area contributed by atoms with Gasteiger partial charge in [0.25, 0.3) is 0 Å². The number of hydrogen-bond donors (Lipinski definition) is 0. The largest absolute Gasteiger partial charge is 0.486 e. The predicted molar refractivity (Wildman–Crippen MR) is 46.8 cm³/mol. The predicted octanol–water partition coefficient (Wildman–Crippen LogP) is 3.10. The number of benzene rings is 1. The first-order valence-corrected chi connectivity index (χ1v) is 4.01. The molecule has 0 amide bonds. The van der Waals surface area contributed by atoms with Crippen LogP contribution in [0.5, 0.6) is 5.75 Å². The van der Waals surface area contributed by atoms with Crippen molar-refractivity contribution in [3.05, 3.63) is 41.4 Å². The second-order valence-corrected chi connectivity index (χ2v) is 2.50. The second kappa shape index (κ2) is 4.82. The molecule has 0 spiro atoms. The SMILES string of the molecule is Fc1ccc(F)c(OC/C=C/Cl)c1. The molecular weight excluding hydrogens is 198 g/mol. The zero-order valence-electron chi connectivity index (χ0n) is 6.64. The Hall–Kier alpha value is -1.09. The lowest BCUT2D eigenvalue weighted by Crippen LogP contribution is -1.96. The maximum atomic E-state index is 12.8. The highest BCUT2D eigenvalue weighted by molar-refractivity contribution is 6.25. The molecule has 4 heteroatoms. The van der Waals surface area contributed by atoms with Crippen LogP contribution >= 0.6 is 11.6 Å². The van der Waals surface area contributed by atoms with E-state index in [1.54, 1.807) is 0 Å². The van der Waals surface area contributed by atoms with E-state index >= 15 is 0 Å². The Kier molecular flexibility index (Phi) is 3.71. The van der Waals surface area contributed by atoms with E-state index in [0.29, 0.717) is 0 Å². The molecule has 0 fully saturated rings. The Morgan fingerprint density at radius 1 is 1.38 bits per heavy atom. The molecule has 1 aromatic rings. The molecule has 1 nitrogen and oxygen atoms in total. The third kappa shape index (κ3) is 3.03. The van der Waals surface area contributed by atoms with Crippen LogP contribution in [0.25, 0.3) is 0 Å². The van der Waals surface area contributed by atoms with Crippen molar-refractivity contribution in [2.75, 3.05) is 6.61 Å². The third-order valence-corrected chi connectivity index (χ3v) is 1.50. The molecule has 1 rings (SSSR count). The first-order valence-electron chi connectivity index (χ1n) is 3.57. The van der Waals surface area contributed by atoms with Crippen LogP contribution in [0.4, 0.5) is 8.78 Å². The van der Waals surface area contributed by atoms with Gasteiger partial charge in [-0.2, -0.15) is 0 Å². The summed E-state index contributed by atoms with van der Waals surface area (Å²) in [6.45, 7) is 0.115. The lowest BCUT2D eigenvalue weighted by molar-refractivity contribution is 0.339. The van der Waals surface area contributed by atoms with E-state index in [2.05, 4.69) is 0 Å². The quantitative estimate of drug-likeness (QED) is 0.735. The van der Waals surface area contributed by atoms with Gasteiger partial charge in [0, 0.05) is 11.6 Å². The van der Waals surface area contributed by atoms with Gasteiger partial charge in [-0.15, -0.1) is 0 Å². The number of halogens is 3. The summed E-state index contributed by atoms with van der Waals surface area (Å²) < 4.78 is 30.3. The van der Waals surface area contributed by atoms with Crippen LogP contribution < -0.4 is 4.74 Å². The zero-order chi connectivity index (χ0) is 9.68. The number of hydrogen-bond acceptors (Lipinski definition) is 1. The van der Waals surface area contributed by atoms with Crippen LogP contribution in [-0.2, 0) is 0 Å². The molecule has 0 radical (unpaired) electrons. The summed E-state index contributed by atoms with van der Waals surface area (Å²) >= 11 is 5.21. The van der Waals surface area contributed by atoms with Crippen LogP contribution in [0.15, 0.2) is 29.8 Å². The summed E-state index contributed by atoms with van der Waals surface area (Å²) in [6.07, 6.45) is 1.48. The average Bonchev–Trinajstić information content (AvgIpc) is 2.11. The fourth-order valence-electron chi connectivity index (χ4n) is 0.762. The molecule has 0 aliphatic heterocycles. The van der Waals surface area contributed by atoms with Crippen molar-refractivity contribution in [3.63, 3.8) is 0 Å². The molecule has 0 atom stereocenters. The van der Waals surface area contributed by atoms with Gasteiger partial charge in [0.1, 0.15) is 12.4 Å². The minimum Gasteiger partial charge on any atom is -0.486 e. The molecule has 0 aliphatic carbocycles. The van der Waals surface area contributed by atoms with Crippen molar-refractivity contribution in [2.24, 2.45) is 0 Å². The Labute approximate surface area is 79.6 Å². The van der Waals surface area contributed by atoms with Crippen molar-refractivity contribution >= 4 is 11.6 Å². The smallest absolute Gasteiger partial charge is 0.165 e. The van der Waals surface area contributed by atoms with Gasteiger partial charge >= 0.3 is 0 Å². The summed E-state index contributed by atoms with van der Waals surface area (Å²) in [5.41, 5.74) is 1.25. The molecule has 0 heterocycles. The normalized spacial score (nSPS) is 10.7. The summed E-state index contributed by atoms with van der Waals surface area (Å²) in [7, 11) is 0. The lowest BCUT2D eigenvalue weighted by Gasteiger charge is -2.03. The van der Waals surface area contributed by atoms with E-state index in [1.165, 1.54) is 11.6 Å². The summed E-state index contributed by atoms with van der Waals surface area (Å²) in [5, 5.41) is 0. The van der Waals surface area contributed by atoms with Gasteiger partial charge in [-0.05, 0) is 18.2 Å². The molecule has 0 N–H and O–H groups in total. The Bertz CT molecular complexity index is 312. The van der Waals surface area contributed by atoms with Gasteiger partial charge in [0.15, 0.2) is 11.6 Å². The fraction of sp³-hybridized carbons (Fsp3) is 0.111. The molecule has 70 valence electrons. The molecule has 0 aromatic heterocycles. The summed E-state index contributed by atoms with van der Waals surface area (Å²) in [6, 6.07) is 3.02. The van der Waals surface area contributed by atoms with E-state index in [-0.39, 0.29) is 12.4 Å². The molecule has 1 aromatic carbocycles. The highest BCUT2D eigenvalue weighted by atomic mass is 35.5. The maximum absolute atomic E-state index is 12.8. The number of rotatable bonds is 3. The van der Waals surface area contributed by atoms with Gasteiger partial charge in [-0.25, -0.2) is 8.78 Å². The van der Waals surface area contributed by atoms with Gasteiger partial charge in [-0.1, -0.05) is 11.6 Å². The van der Waals surface area contributed by atoms with Gasteiger partial charge < -0.3 is 4.74 Å². The Morgan fingerprint density at radius 2 is 2.15 bits per heavy atom. The van der Waals surface area contributed by atoms with Crippen LogP contribution in [0, 0.1) is 11.6 Å².